The molecule has 0 unspecified atom stereocenters. The van der Waals surface area contributed by atoms with Gasteiger partial charge in [-0.25, -0.2) is 9.37 Å². The number of nitrogens with two attached hydrogens (primary N) is 1. The predicted molar refractivity (Wildman–Crippen MR) is 45.9 cm³/mol. The molecule has 4 heteroatoms. The summed E-state index contributed by atoms with van der Waals surface area (Å²) in [6.45, 7) is 3.82. The molecular weight excluding hydrogens is 174 g/mol. The van der Waals surface area contributed by atoms with Gasteiger partial charge in [-0.15, -0.1) is 0 Å². The van der Waals surface area contributed by atoms with E-state index in [1.165, 1.54) is 6.20 Å². The van der Waals surface area contributed by atoms with Gasteiger partial charge in [-0.3, -0.25) is 0 Å². The minimum atomic E-state index is -1.08. The molecule has 0 aliphatic carbocycles. The van der Waals surface area contributed by atoms with Crippen LogP contribution in [0.1, 0.15) is 25.5 Å². The van der Waals surface area contributed by atoms with Gasteiger partial charge in [0, 0.05) is 12.2 Å². The van der Waals surface area contributed by atoms with Crippen molar-refractivity contribution >= 4 is 0 Å². The van der Waals surface area contributed by atoms with E-state index in [1.54, 1.807) is 0 Å². The quantitative estimate of drug-likeness (QED) is 0.717. The van der Waals surface area contributed by atoms with Gasteiger partial charge in [0.1, 0.15) is 0 Å². The zero-order valence-electron chi connectivity index (χ0n) is 7.59. The molecule has 0 aromatic carbocycles. The SMILES string of the molecule is CC(C)[C@@H](N)c1cnc(F)c(F)c1. The highest BCUT2D eigenvalue weighted by atomic mass is 19.2. The molecule has 0 bridgehead atoms. The largest absolute Gasteiger partial charge is 0.324 e. The van der Waals surface area contributed by atoms with Crippen LogP contribution in [0.2, 0.25) is 0 Å². The Hall–Kier alpha value is -1.03. The molecule has 0 saturated carbocycles. The molecule has 0 amide bonds. The highest BCUT2D eigenvalue weighted by Crippen LogP contribution is 2.18. The maximum Gasteiger partial charge on any atom is 0.248 e. The molecule has 0 radical (unpaired) electrons. The summed E-state index contributed by atoms with van der Waals surface area (Å²) in [6.07, 6.45) is 1.27. The lowest BCUT2D eigenvalue weighted by molar-refractivity contribution is 0.464. The molecule has 0 aliphatic heterocycles. The Morgan fingerprint density at radius 3 is 2.46 bits per heavy atom. The molecule has 72 valence electrons. The molecule has 0 spiro atoms. The topological polar surface area (TPSA) is 38.9 Å². The lowest BCUT2D eigenvalue weighted by atomic mass is 9.99. The van der Waals surface area contributed by atoms with Crippen molar-refractivity contribution in [2.24, 2.45) is 11.7 Å². The molecule has 1 heterocycles. The monoisotopic (exact) mass is 186 g/mol. The Morgan fingerprint density at radius 2 is 2.00 bits per heavy atom. The molecule has 13 heavy (non-hydrogen) atoms. The molecule has 2 N–H and O–H groups in total. The van der Waals surface area contributed by atoms with Crippen LogP contribution in [-0.2, 0) is 0 Å². The van der Waals surface area contributed by atoms with E-state index in [9.17, 15) is 8.78 Å². The maximum atomic E-state index is 12.7. The summed E-state index contributed by atoms with van der Waals surface area (Å²) in [4.78, 5) is 3.26. The number of pyridine rings is 1. The zero-order chi connectivity index (χ0) is 10.0. The molecule has 1 atom stereocenters. The van der Waals surface area contributed by atoms with Crippen molar-refractivity contribution in [3.05, 3.63) is 29.6 Å². The Morgan fingerprint density at radius 1 is 1.38 bits per heavy atom. The van der Waals surface area contributed by atoms with Gasteiger partial charge in [0.2, 0.25) is 5.95 Å². The predicted octanol–water partition coefficient (Wildman–Crippen LogP) is 2.02. The summed E-state index contributed by atoms with van der Waals surface area (Å²) >= 11 is 0. The minimum Gasteiger partial charge on any atom is -0.324 e. The zero-order valence-corrected chi connectivity index (χ0v) is 7.59. The first-order valence-corrected chi connectivity index (χ1v) is 4.09. The minimum absolute atomic E-state index is 0.173. The fourth-order valence-electron chi connectivity index (χ4n) is 1.00. The van der Waals surface area contributed by atoms with Crippen LogP contribution in [0.3, 0.4) is 0 Å². The van der Waals surface area contributed by atoms with Crippen LogP contribution >= 0.6 is 0 Å². The van der Waals surface area contributed by atoms with Gasteiger partial charge >= 0.3 is 0 Å². The highest BCUT2D eigenvalue weighted by molar-refractivity contribution is 5.15. The summed E-state index contributed by atoms with van der Waals surface area (Å²) in [6, 6.07) is 0.787. The number of hydrogen-bond donors (Lipinski definition) is 1. The number of nitrogens with zero attached hydrogens (tertiary/aromatic N) is 1. The van der Waals surface area contributed by atoms with Crippen molar-refractivity contribution in [1.82, 2.24) is 4.98 Å². The van der Waals surface area contributed by atoms with E-state index >= 15 is 0 Å². The van der Waals surface area contributed by atoms with Crippen molar-refractivity contribution < 1.29 is 8.78 Å². The lowest BCUT2D eigenvalue weighted by Gasteiger charge is -2.15. The Labute approximate surface area is 75.8 Å². The molecule has 1 aromatic rings. The van der Waals surface area contributed by atoms with Gasteiger partial charge in [-0.2, -0.15) is 4.39 Å². The standard InChI is InChI=1S/C9H12F2N2/c1-5(2)8(12)6-3-7(10)9(11)13-4-6/h3-5,8H,12H2,1-2H3/t8-/m1/s1. The number of halogens is 2. The van der Waals surface area contributed by atoms with E-state index in [2.05, 4.69) is 4.98 Å². The van der Waals surface area contributed by atoms with Crippen molar-refractivity contribution in [2.75, 3.05) is 0 Å². The maximum absolute atomic E-state index is 12.7. The van der Waals surface area contributed by atoms with Gasteiger partial charge < -0.3 is 5.73 Å². The van der Waals surface area contributed by atoms with Gasteiger partial charge in [0.05, 0.1) is 0 Å². The van der Waals surface area contributed by atoms with Gasteiger partial charge in [0.15, 0.2) is 5.82 Å². The average molecular weight is 186 g/mol. The van der Waals surface area contributed by atoms with Gasteiger partial charge in [-0.05, 0) is 17.5 Å². The normalized spacial score (nSPS) is 13.4. The summed E-state index contributed by atoms with van der Waals surface area (Å²) < 4.78 is 25.1. The average Bonchev–Trinajstić information content (AvgIpc) is 2.08. The van der Waals surface area contributed by atoms with Crippen molar-refractivity contribution in [1.29, 1.82) is 0 Å². The van der Waals surface area contributed by atoms with Crippen LogP contribution < -0.4 is 5.73 Å². The summed E-state index contributed by atoms with van der Waals surface area (Å²) in [5, 5.41) is 0. The first-order chi connectivity index (χ1) is 6.02. The van der Waals surface area contributed by atoms with Crippen LogP contribution in [0, 0.1) is 17.7 Å². The van der Waals surface area contributed by atoms with Gasteiger partial charge in [0.25, 0.3) is 0 Å². The second-order valence-corrected chi connectivity index (χ2v) is 3.31. The Kier molecular flexibility index (Phi) is 2.93. The number of aromatic nitrogens is 1. The van der Waals surface area contributed by atoms with E-state index < -0.39 is 11.8 Å². The van der Waals surface area contributed by atoms with Crippen molar-refractivity contribution in [3.63, 3.8) is 0 Å². The van der Waals surface area contributed by atoms with E-state index in [1.807, 2.05) is 13.8 Å². The second-order valence-electron chi connectivity index (χ2n) is 3.31. The highest BCUT2D eigenvalue weighted by Gasteiger charge is 2.13. The Balaban J connectivity index is 2.97. The molecule has 1 rings (SSSR count). The van der Waals surface area contributed by atoms with Crippen LogP contribution in [0.15, 0.2) is 12.3 Å². The van der Waals surface area contributed by atoms with Crippen LogP contribution in [0.25, 0.3) is 0 Å². The first kappa shape index (κ1) is 10.1. The fraction of sp³-hybridized carbons (Fsp3) is 0.444. The second kappa shape index (κ2) is 3.79. The molecule has 0 fully saturated rings. The third-order valence-corrected chi connectivity index (χ3v) is 1.92. The first-order valence-electron chi connectivity index (χ1n) is 4.09. The smallest absolute Gasteiger partial charge is 0.248 e. The molecule has 1 aromatic heterocycles. The third kappa shape index (κ3) is 2.21. The number of rotatable bonds is 2. The number of hydrogen-bond acceptors (Lipinski definition) is 2. The van der Waals surface area contributed by atoms with Crippen LogP contribution in [0.5, 0.6) is 0 Å². The summed E-state index contributed by atoms with van der Waals surface area (Å²) in [5.41, 5.74) is 6.25. The summed E-state index contributed by atoms with van der Waals surface area (Å²) in [7, 11) is 0. The van der Waals surface area contributed by atoms with E-state index in [0.29, 0.717) is 5.56 Å². The molecular formula is C9H12F2N2. The molecule has 2 nitrogen and oxygen atoms in total. The fourth-order valence-corrected chi connectivity index (χ4v) is 1.00. The lowest BCUT2D eigenvalue weighted by Crippen LogP contribution is -2.17. The van der Waals surface area contributed by atoms with E-state index in [0.717, 1.165) is 6.07 Å². The third-order valence-electron chi connectivity index (χ3n) is 1.92. The van der Waals surface area contributed by atoms with Gasteiger partial charge in [-0.1, -0.05) is 13.8 Å². The van der Waals surface area contributed by atoms with Crippen molar-refractivity contribution in [2.45, 2.75) is 19.9 Å². The van der Waals surface area contributed by atoms with Crippen LogP contribution in [-0.4, -0.2) is 4.98 Å². The van der Waals surface area contributed by atoms with Crippen molar-refractivity contribution in [3.8, 4) is 0 Å². The van der Waals surface area contributed by atoms with Crippen LogP contribution in [0.4, 0.5) is 8.78 Å². The molecule has 0 aliphatic rings. The van der Waals surface area contributed by atoms with E-state index in [4.69, 9.17) is 5.73 Å². The molecule has 0 saturated heterocycles. The Bertz CT molecular complexity index is 300. The summed E-state index contributed by atoms with van der Waals surface area (Å²) in [5.74, 6) is -1.86. The van der Waals surface area contributed by atoms with E-state index in [-0.39, 0.29) is 12.0 Å².